The van der Waals surface area contributed by atoms with E-state index in [1.165, 1.54) is 25.7 Å². The molecule has 0 atom stereocenters. The summed E-state index contributed by atoms with van der Waals surface area (Å²) in [4.78, 5) is 18.6. The number of aromatic nitrogens is 3. The highest BCUT2D eigenvalue weighted by molar-refractivity contribution is 5.90. The smallest absolute Gasteiger partial charge is 0.293 e. The number of hydrogen-bond acceptors (Lipinski definition) is 3. The lowest BCUT2D eigenvalue weighted by Gasteiger charge is -2.39. The number of likely N-dealkylation sites (tertiary alicyclic amines) is 1. The van der Waals surface area contributed by atoms with Crippen molar-refractivity contribution in [3.8, 4) is 0 Å². The van der Waals surface area contributed by atoms with Gasteiger partial charge in [0.05, 0.1) is 0 Å². The minimum absolute atomic E-state index is 0.00329. The van der Waals surface area contributed by atoms with Crippen molar-refractivity contribution < 1.29 is 4.79 Å². The summed E-state index contributed by atoms with van der Waals surface area (Å²) in [6, 6.07) is 0. The van der Waals surface area contributed by atoms with Crippen molar-refractivity contribution in [1.29, 1.82) is 0 Å². The van der Waals surface area contributed by atoms with Crippen LogP contribution < -0.4 is 0 Å². The highest BCUT2D eigenvalue weighted by atomic mass is 16.2. The maximum absolute atomic E-state index is 12.4. The second-order valence-corrected chi connectivity index (χ2v) is 6.36. The molecule has 2 aliphatic rings. The van der Waals surface area contributed by atoms with Crippen LogP contribution in [-0.4, -0.2) is 39.1 Å². The van der Waals surface area contributed by atoms with Gasteiger partial charge in [-0.15, -0.1) is 5.10 Å². The first-order valence-corrected chi connectivity index (χ1v) is 7.93. The van der Waals surface area contributed by atoms with Gasteiger partial charge in [-0.1, -0.05) is 19.8 Å². The van der Waals surface area contributed by atoms with Gasteiger partial charge in [-0.05, 0) is 37.5 Å². The fourth-order valence-corrected chi connectivity index (χ4v) is 3.69. The molecule has 3 rings (SSSR count). The molecule has 5 nitrogen and oxygen atoms in total. The monoisotopic (exact) mass is 276 g/mol. The van der Waals surface area contributed by atoms with E-state index in [0.717, 1.165) is 44.6 Å². The Morgan fingerprint density at radius 1 is 1.25 bits per heavy atom. The Kier molecular flexibility index (Phi) is 3.76. The van der Waals surface area contributed by atoms with Crippen LogP contribution >= 0.6 is 0 Å². The molecule has 0 bridgehead atoms. The molecule has 1 aliphatic heterocycles. The van der Waals surface area contributed by atoms with Crippen LogP contribution in [0.15, 0.2) is 0 Å². The molecule has 1 saturated heterocycles. The number of carbonyl (C=O) groups is 1. The second kappa shape index (κ2) is 5.54. The Morgan fingerprint density at radius 3 is 2.60 bits per heavy atom. The summed E-state index contributed by atoms with van der Waals surface area (Å²) in [5.41, 5.74) is 0.545. The third-order valence-electron chi connectivity index (χ3n) is 4.99. The van der Waals surface area contributed by atoms with E-state index in [2.05, 4.69) is 22.1 Å². The normalized spacial score (nSPS) is 21.6. The summed E-state index contributed by atoms with van der Waals surface area (Å²) in [6.45, 7) is 3.84. The van der Waals surface area contributed by atoms with Crippen LogP contribution in [0.3, 0.4) is 0 Å². The maximum Gasteiger partial charge on any atom is 0.293 e. The highest BCUT2D eigenvalue weighted by Gasteiger charge is 2.38. The SMILES string of the molecule is CCCc1nc(C(=O)N2CCC3(CCCC3)CC2)n[nH]1. The number of nitrogens with zero attached hydrogens (tertiary/aromatic N) is 3. The Balaban J connectivity index is 1.60. The molecule has 1 aromatic rings. The molecule has 110 valence electrons. The summed E-state index contributed by atoms with van der Waals surface area (Å²) in [6.07, 6.45) is 9.63. The van der Waals surface area contributed by atoms with Crippen molar-refractivity contribution in [1.82, 2.24) is 20.1 Å². The van der Waals surface area contributed by atoms with Crippen molar-refractivity contribution >= 4 is 5.91 Å². The van der Waals surface area contributed by atoms with Crippen molar-refractivity contribution in [3.05, 3.63) is 11.6 Å². The molecule has 1 saturated carbocycles. The van der Waals surface area contributed by atoms with Crippen molar-refractivity contribution in [3.63, 3.8) is 0 Å². The number of H-pyrrole nitrogens is 1. The van der Waals surface area contributed by atoms with Crippen LogP contribution in [0.1, 0.15) is 68.3 Å². The molecule has 1 spiro atoms. The Bertz CT molecular complexity index is 466. The molecular weight excluding hydrogens is 252 g/mol. The Hall–Kier alpha value is -1.39. The van der Waals surface area contributed by atoms with Gasteiger partial charge in [0, 0.05) is 19.5 Å². The molecule has 1 N–H and O–H groups in total. The van der Waals surface area contributed by atoms with E-state index >= 15 is 0 Å². The van der Waals surface area contributed by atoms with Gasteiger partial charge in [0.25, 0.3) is 5.91 Å². The average Bonchev–Trinajstić information content (AvgIpc) is 3.10. The standard InChI is InChI=1S/C15H24N4O/c1-2-5-12-16-13(18-17-12)14(20)19-10-8-15(9-11-19)6-3-4-7-15/h2-11H2,1H3,(H,16,17,18). The molecule has 1 aliphatic carbocycles. The quantitative estimate of drug-likeness (QED) is 0.923. The van der Waals surface area contributed by atoms with Crippen LogP contribution in [0.2, 0.25) is 0 Å². The number of rotatable bonds is 3. The summed E-state index contributed by atoms with van der Waals surface area (Å²) < 4.78 is 0. The molecule has 1 aromatic heterocycles. The van der Waals surface area contributed by atoms with E-state index in [4.69, 9.17) is 0 Å². The van der Waals surface area contributed by atoms with Gasteiger partial charge in [-0.25, -0.2) is 4.98 Å². The fourth-order valence-electron chi connectivity index (χ4n) is 3.69. The number of carbonyl (C=O) groups excluding carboxylic acids is 1. The Morgan fingerprint density at radius 2 is 1.95 bits per heavy atom. The van der Waals surface area contributed by atoms with Crippen LogP contribution in [0.4, 0.5) is 0 Å². The molecule has 20 heavy (non-hydrogen) atoms. The number of aryl methyl sites for hydroxylation is 1. The van der Waals surface area contributed by atoms with Gasteiger partial charge in [0.1, 0.15) is 5.82 Å². The minimum Gasteiger partial charge on any atom is -0.336 e. The molecule has 1 amide bonds. The molecule has 0 unspecified atom stereocenters. The zero-order valence-corrected chi connectivity index (χ0v) is 12.3. The van der Waals surface area contributed by atoms with Crippen LogP contribution in [0, 0.1) is 5.41 Å². The molecular formula is C15H24N4O. The number of amides is 1. The summed E-state index contributed by atoms with van der Waals surface area (Å²) >= 11 is 0. The topological polar surface area (TPSA) is 61.9 Å². The minimum atomic E-state index is -0.00329. The number of piperidine rings is 1. The third kappa shape index (κ3) is 2.58. The first kappa shape index (κ1) is 13.6. The maximum atomic E-state index is 12.4. The highest BCUT2D eigenvalue weighted by Crippen LogP contribution is 2.46. The Labute approximate surface area is 120 Å². The summed E-state index contributed by atoms with van der Waals surface area (Å²) in [5, 5.41) is 6.94. The molecule has 2 fully saturated rings. The fraction of sp³-hybridized carbons (Fsp3) is 0.800. The number of nitrogens with one attached hydrogen (secondary N) is 1. The van der Waals surface area contributed by atoms with E-state index in [1.54, 1.807) is 0 Å². The second-order valence-electron chi connectivity index (χ2n) is 6.36. The first-order valence-electron chi connectivity index (χ1n) is 7.93. The van der Waals surface area contributed by atoms with Gasteiger partial charge in [-0.3, -0.25) is 9.89 Å². The zero-order chi connectivity index (χ0) is 14.0. The van der Waals surface area contributed by atoms with Crippen LogP contribution in [0.25, 0.3) is 0 Å². The molecule has 2 heterocycles. The third-order valence-corrected chi connectivity index (χ3v) is 4.99. The van der Waals surface area contributed by atoms with E-state index < -0.39 is 0 Å². The van der Waals surface area contributed by atoms with E-state index in [1.807, 2.05) is 4.90 Å². The lowest BCUT2D eigenvalue weighted by molar-refractivity contribution is 0.0576. The zero-order valence-electron chi connectivity index (χ0n) is 12.3. The van der Waals surface area contributed by atoms with Crippen molar-refractivity contribution in [2.45, 2.75) is 58.3 Å². The lowest BCUT2D eigenvalue weighted by Crippen LogP contribution is -2.42. The van der Waals surface area contributed by atoms with Gasteiger partial charge >= 0.3 is 0 Å². The first-order chi connectivity index (χ1) is 9.72. The van der Waals surface area contributed by atoms with E-state index in [-0.39, 0.29) is 5.91 Å². The van der Waals surface area contributed by atoms with Crippen molar-refractivity contribution in [2.24, 2.45) is 5.41 Å². The summed E-state index contributed by atoms with van der Waals surface area (Å²) in [5.74, 6) is 1.16. The lowest BCUT2D eigenvalue weighted by atomic mass is 9.77. The summed E-state index contributed by atoms with van der Waals surface area (Å²) in [7, 11) is 0. The van der Waals surface area contributed by atoms with Gasteiger partial charge in [-0.2, -0.15) is 0 Å². The van der Waals surface area contributed by atoms with Gasteiger partial charge in [0.2, 0.25) is 5.82 Å². The number of hydrogen-bond donors (Lipinski definition) is 1. The number of aromatic amines is 1. The van der Waals surface area contributed by atoms with Gasteiger partial charge < -0.3 is 4.90 Å². The van der Waals surface area contributed by atoms with Crippen LogP contribution in [-0.2, 0) is 6.42 Å². The van der Waals surface area contributed by atoms with Crippen molar-refractivity contribution in [2.75, 3.05) is 13.1 Å². The van der Waals surface area contributed by atoms with E-state index in [9.17, 15) is 4.79 Å². The van der Waals surface area contributed by atoms with E-state index in [0.29, 0.717) is 11.2 Å². The largest absolute Gasteiger partial charge is 0.336 e. The molecule has 0 radical (unpaired) electrons. The molecule has 0 aromatic carbocycles. The van der Waals surface area contributed by atoms with Crippen LogP contribution in [0.5, 0.6) is 0 Å². The van der Waals surface area contributed by atoms with Gasteiger partial charge in [0.15, 0.2) is 0 Å². The molecule has 5 heteroatoms. The average molecular weight is 276 g/mol. The predicted octanol–water partition coefficient (Wildman–Crippen LogP) is 2.55. The predicted molar refractivity (Wildman–Crippen MR) is 76.4 cm³/mol.